The first-order valence-electron chi connectivity index (χ1n) is 7.46. The van der Waals surface area contributed by atoms with Gasteiger partial charge in [0.2, 0.25) is 5.52 Å². The number of aromatic amines is 2. The quantitative estimate of drug-likeness (QED) is 0.424. The molecule has 5 N–H and O–H groups in total. The van der Waals surface area contributed by atoms with E-state index in [-0.39, 0.29) is 5.91 Å². The minimum atomic E-state index is -0.301. The van der Waals surface area contributed by atoms with E-state index in [0.717, 1.165) is 23.9 Å². The molecule has 0 aliphatic heterocycles. The van der Waals surface area contributed by atoms with Gasteiger partial charge in [-0.2, -0.15) is 0 Å². The van der Waals surface area contributed by atoms with Gasteiger partial charge >= 0.3 is 0 Å². The Bertz CT molecular complexity index is 696. The predicted molar refractivity (Wildman–Crippen MR) is 81.5 cm³/mol. The van der Waals surface area contributed by atoms with Crippen molar-refractivity contribution in [3.8, 4) is 0 Å². The van der Waals surface area contributed by atoms with Crippen LogP contribution in [0.3, 0.4) is 0 Å². The number of amides is 1. The molecule has 0 spiro atoms. The average Bonchev–Trinajstić information content (AvgIpc) is 2.84. The molecule has 21 heavy (non-hydrogen) atoms. The van der Waals surface area contributed by atoms with Crippen LogP contribution in [0, 0.1) is 11.3 Å². The Morgan fingerprint density at radius 2 is 2.19 bits per heavy atom. The Morgan fingerprint density at radius 1 is 1.43 bits per heavy atom. The van der Waals surface area contributed by atoms with E-state index in [9.17, 15) is 4.79 Å². The number of pyridine rings is 1. The second kappa shape index (κ2) is 4.84. The van der Waals surface area contributed by atoms with Gasteiger partial charge in [-0.3, -0.25) is 10.2 Å². The maximum Gasteiger partial charge on any atom is 0.281 e. The van der Waals surface area contributed by atoms with Gasteiger partial charge in [-0.05, 0) is 30.2 Å². The normalized spacial score (nSPS) is 18.6. The van der Waals surface area contributed by atoms with Crippen molar-refractivity contribution < 1.29 is 9.78 Å². The summed E-state index contributed by atoms with van der Waals surface area (Å²) in [6.45, 7) is 6.93. The zero-order chi connectivity index (χ0) is 15.2. The number of carbonyl (C=O) groups is 1. The van der Waals surface area contributed by atoms with Gasteiger partial charge in [0.05, 0.1) is 0 Å². The van der Waals surface area contributed by atoms with Crippen LogP contribution in [0.5, 0.6) is 0 Å². The van der Waals surface area contributed by atoms with E-state index in [1.807, 2.05) is 6.07 Å². The van der Waals surface area contributed by atoms with Crippen LogP contribution in [0.15, 0.2) is 12.1 Å². The van der Waals surface area contributed by atoms with Crippen molar-refractivity contribution in [3.63, 3.8) is 0 Å². The lowest BCUT2D eigenvalue weighted by Gasteiger charge is -2.33. The second-order valence-corrected chi connectivity index (χ2v) is 7.06. The molecule has 2 aromatic heterocycles. The number of hydrazine groups is 1. The van der Waals surface area contributed by atoms with Gasteiger partial charge in [0.1, 0.15) is 11.2 Å². The summed E-state index contributed by atoms with van der Waals surface area (Å²) in [5.74, 6) is 5.58. The lowest BCUT2D eigenvalue weighted by Crippen LogP contribution is -2.30. The van der Waals surface area contributed by atoms with E-state index in [1.165, 1.54) is 17.7 Å². The van der Waals surface area contributed by atoms with Gasteiger partial charge < -0.3 is 4.98 Å². The van der Waals surface area contributed by atoms with E-state index < -0.39 is 0 Å². The molecule has 1 aliphatic rings. The fraction of sp³-hybridized carbons (Fsp3) is 0.500. The molecule has 1 amide bonds. The van der Waals surface area contributed by atoms with Gasteiger partial charge in [0.15, 0.2) is 5.69 Å². The summed E-state index contributed by atoms with van der Waals surface area (Å²) in [4.78, 5) is 18.2. The molecule has 1 atom stereocenters. The molecule has 2 heterocycles. The number of rotatable bonds is 1. The second-order valence-electron chi connectivity index (χ2n) is 7.06. The van der Waals surface area contributed by atoms with Crippen molar-refractivity contribution in [1.82, 2.24) is 10.4 Å². The lowest BCUT2D eigenvalue weighted by molar-refractivity contribution is -0.359. The summed E-state index contributed by atoms with van der Waals surface area (Å²) in [7, 11) is 0. The van der Waals surface area contributed by atoms with Crippen molar-refractivity contribution in [1.29, 1.82) is 0 Å². The van der Waals surface area contributed by atoms with Gasteiger partial charge in [-0.15, -0.1) is 0 Å². The van der Waals surface area contributed by atoms with Crippen molar-refractivity contribution >= 4 is 16.9 Å². The first kappa shape index (κ1) is 14.1. The number of hydrogen-bond acceptors (Lipinski definition) is 2. The molecule has 0 aromatic carbocycles. The lowest BCUT2D eigenvalue weighted by atomic mass is 9.71. The Morgan fingerprint density at radius 3 is 2.86 bits per heavy atom. The molecule has 1 unspecified atom stereocenters. The number of aromatic nitrogens is 2. The minimum Gasteiger partial charge on any atom is -0.345 e. The average molecular weight is 287 g/mol. The number of nitrogen functional groups attached to an aromatic ring is 1. The van der Waals surface area contributed by atoms with Gasteiger partial charge in [-0.1, -0.05) is 20.8 Å². The summed E-state index contributed by atoms with van der Waals surface area (Å²) < 4.78 is 0. The third kappa shape index (κ3) is 2.53. The number of nitrogens with one attached hydrogen (secondary N) is 3. The van der Waals surface area contributed by atoms with Gasteiger partial charge in [-0.25, -0.2) is 10.8 Å². The highest BCUT2D eigenvalue weighted by Crippen LogP contribution is 2.36. The van der Waals surface area contributed by atoms with Crippen LogP contribution >= 0.6 is 0 Å². The summed E-state index contributed by atoms with van der Waals surface area (Å²) in [6, 6.07) is 3.99. The maximum atomic E-state index is 11.6. The number of nitrogens with two attached hydrogens (primary N) is 1. The Hall–Kier alpha value is -1.88. The molecular formula is C16H23N4O+. The van der Waals surface area contributed by atoms with Crippen LogP contribution in [-0.4, -0.2) is 10.9 Å². The summed E-state index contributed by atoms with van der Waals surface area (Å²) in [5.41, 5.74) is 7.54. The smallest absolute Gasteiger partial charge is 0.281 e. The monoisotopic (exact) mass is 287 g/mol. The standard InChI is InChI=1S/C16H22N4O/c1-16(2,3)10-4-5-11-9(6-10)7-12-13(18-11)8-14(19-12)15(21)20-17/h7-8,10,19H,4-6,17H2,1-3H3,(H,20,21)/p+1. The highest BCUT2D eigenvalue weighted by Gasteiger charge is 2.31. The van der Waals surface area contributed by atoms with E-state index >= 15 is 0 Å². The largest absolute Gasteiger partial charge is 0.345 e. The topological polar surface area (TPSA) is 85.1 Å². The van der Waals surface area contributed by atoms with Crippen molar-refractivity contribution in [3.05, 3.63) is 29.1 Å². The molecule has 0 saturated carbocycles. The molecule has 0 saturated heterocycles. The van der Waals surface area contributed by atoms with E-state index in [4.69, 9.17) is 5.84 Å². The Kier molecular flexibility index (Phi) is 3.24. The van der Waals surface area contributed by atoms with Crippen LogP contribution in [0.1, 0.15) is 48.9 Å². The number of aryl methyl sites for hydroxylation is 1. The third-order valence-electron chi connectivity index (χ3n) is 4.65. The summed E-state index contributed by atoms with van der Waals surface area (Å²) >= 11 is 0. The SMILES string of the molecule is CC(C)(C)C1CCc2[nH+]c3cc(C(=O)NN)[nH]c3cc2C1. The molecule has 1 aliphatic carbocycles. The third-order valence-corrected chi connectivity index (χ3v) is 4.65. The molecule has 5 nitrogen and oxygen atoms in total. The number of fused-ring (bicyclic) bond motifs is 2. The van der Waals surface area contributed by atoms with Gasteiger partial charge in [0.25, 0.3) is 5.91 Å². The number of hydrogen-bond donors (Lipinski definition) is 3. The minimum absolute atomic E-state index is 0.301. The van der Waals surface area contributed by atoms with Crippen LogP contribution < -0.4 is 16.3 Å². The van der Waals surface area contributed by atoms with Crippen molar-refractivity contribution in [2.24, 2.45) is 17.2 Å². The van der Waals surface area contributed by atoms with Crippen LogP contribution in [0.25, 0.3) is 11.0 Å². The molecule has 5 heteroatoms. The highest BCUT2D eigenvalue weighted by molar-refractivity contribution is 5.96. The fourth-order valence-corrected chi connectivity index (χ4v) is 3.22. The Balaban J connectivity index is 1.99. The van der Waals surface area contributed by atoms with Crippen molar-refractivity contribution in [2.75, 3.05) is 0 Å². The predicted octanol–water partition coefficient (Wildman–Crippen LogP) is 1.74. The van der Waals surface area contributed by atoms with Crippen LogP contribution in [0.4, 0.5) is 0 Å². The molecule has 2 aromatic rings. The molecular weight excluding hydrogens is 264 g/mol. The molecule has 0 radical (unpaired) electrons. The molecule has 3 rings (SSSR count). The van der Waals surface area contributed by atoms with E-state index in [0.29, 0.717) is 17.0 Å². The molecule has 112 valence electrons. The molecule has 0 bridgehead atoms. The van der Waals surface area contributed by atoms with E-state index in [2.05, 4.69) is 42.2 Å². The summed E-state index contributed by atoms with van der Waals surface area (Å²) in [6.07, 6.45) is 3.36. The highest BCUT2D eigenvalue weighted by atomic mass is 16.2. The fourth-order valence-electron chi connectivity index (χ4n) is 3.22. The van der Waals surface area contributed by atoms with E-state index in [1.54, 1.807) is 0 Å². The van der Waals surface area contributed by atoms with Gasteiger partial charge in [0, 0.05) is 18.1 Å². The zero-order valence-electron chi connectivity index (χ0n) is 12.8. The number of carbonyl (C=O) groups excluding carboxylic acids is 1. The zero-order valence-corrected chi connectivity index (χ0v) is 12.8. The van der Waals surface area contributed by atoms with Crippen LogP contribution in [-0.2, 0) is 12.8 Å². The van der Waals surface area contributed by atoms with Crippen LogP contribution in [0.2, 0.25) is 0 Å². The first-order chi connectivity index (χ1) is 9.88. The maximum absolute atomic E-state index is 11.6. The molecule has 0 fully saturated rings. The number of H-pyrrole nitrogens is 2. The first-order valence-corrected chi connectivity index (χ1v) is 7.46. The Labute approximate surface area is 124 Å². The summed E-state index contributed by atoms with van der Waals surface area (Å²) in [5, 5.41) is 0. The van der Waals surface area contributed by atoms with Crippen molar-refractivity contribution in [2.45, 2.75) is 40.0 Å².